The molecule has 2 amide bonds. The van der Waals surface area contributed by atoms with E-state index in [1.165, 1.54) is 0 Å². The minimum absolute atomic E-state index is 0.0294. The van der Waals surface area contributed by atoms with Crippen molar-refractivity contribution in [2.45, 2.75) is 76.5 Å². The second kappa shape index (κ2) is 12.4. The summed E-state index contributed by atoms with van der Waals surface area (Å²) in [5, 5.41) is 10.0. The van der Waals surface area contributed by atoms with Gasteiger partial charge in [0.25, 0.3) is 11.8 Å². The van der Waals surface area contributed by atoms with Gasteiger partial charge in [0.1, 0.15) is 5.75 Å². The zero-order valence-electron chi connectivity index (χ0n) is 25.2. The van der Waals surface area contributed by atoms with Crippen LogP contribution in [0.25, 0.3) is 0 Å². The average molecular weight is 587 g/mol. The van der Waals surface area contributed by atoms with Crippen LogP contribution in [0.15, 0.2) is 48.6 Å². The molecule has 0 aromatic heterocycles. The molecule has 0 bridgehead atoms. The number of fused-ring (bicyclic) bond motifs is 4. The second-order valence-electron chi connectivity index (χ2n) is 12.4. The van der Waals surface area contributed by atoms with Crippen molar-refractivity contribution in [3.63, 3.8) is 0 Å². The van der Waals surface area contributed by atoms with Crippen LogP contribution in [0.3, 0.4) is 0 Å². The third-order valence-electron chi connectivity index (χ3n) is 9.34. The highest BCUT2D eigenvalue weighted by atomic mass is 16.5. The summed E-state index contributed by atoms with van der Waals surface area (Å²) in [6.07, 6.45) is 7.81. The monoisotopic (exact) mass is 586 g/mol. The maximum atomic E-state index is 13.2. The lowest BCUT2D eigenvalue weighted by Gasteiger charge is -2.21. The molecule has 2 atom stereocenters. The zero-order chi connectivity index (χ0) is 30.1. The fourth-order valence-electron chi connectivity index (χ4n) is 7.06. The van der Waals surface area contributed by atoms with Crippen LogP contribution in [-0.2, 0) is 19.4 Å². The van der Waals surface area contributed by atoms with Crippen LogP contribution in [-0.4, -0.2) is 72.2 Å². The number of aliphatic hydroxyl groups is 1. The zero-order valence-corrected chi connectivity index (χ0v) is 25.2. The standard InChI is InChI=1S/C35H42N2O6/c1-22-13-27-9-7-24-16-31(26(21-38)15-29(24)34(39)36(27)19-22)42-11-5-4-6-12-43-33-17-25-8-10-28-14-23(2)20-37(28)35(40)30(25)18-32(33)41-3/h15-18,27-28,38H,1-2,4-14,19-21H2,3H3/t27-,28-/m1/s1. The Kier molecular flexibility index (Phi) is 8.48. The van der Waals surface area contributed by atoms with Gasteiger partial charge in [0.05, 0.1) is 26.9 Å². The van der Waals surface area contributed by atoms with Gasteiger partial charge >= 0.3 is 0 Å². The first-order chi connectivity index (χ1) is 20.9. The molecular formula is C35H42N2O6. The molecule has 0 spiro atoms. The van der Waals surface area contributed by atoms with E-state index >= 15 is 0 Å². The molecule has 0 saturated carbocycles. The molecule has 0 aliphatic carbocycles. The third-order valence-corrected chi connectivity index (χ3v) is 9.34. The number of carbonyl (C=O) groups is 2. The number of methoxy groups -OCH3 is 1. The van der Waals surface area contributed by atoms with Gasteiger partial charge < -0.3 is 29.1 Å². The summed E-state index contributed by atoms with van der Waals surface area (Å²) in [7, 11) is 1.60. The SMILES string of the molecule is C=C1C[C@H]2CCc3cc(OCCCCCOc4cc5c(cc4OC)C(=O)N4CC(=C)C[C@H]4CC5)c(CO)cc3C(=O)N2C1. The van der Waals surface area contributed by atoms with Crippen LogP contribution in [0, 0.1) is 0 Å². The molecule has 8 heteroatoms. The van der Waals surface area contributed by atoms with E-state index in [2.05, 4.69) is 13.2 Å². The number of ether oxygens (including phenoxy) is 3. The molecule has 0 unspecified atom stereocenters. The Hall–Kier alpha value is -3.78. The number of amides is 2. The topological polar surface area (TPSA) is 88.5 Å². The van der Waals surface area contributed by atoms with Crippen molar-refractivity contribution < 1.29 is 28.9 Å². The van der Waals surface area contributed by atoms with Gasteiger partial charge in [-0.1, -0.05) is 24.3 Å². The molecule has 4 heterocycles. The smallest absolute Gasteiger partial charge is 0.254 e. The van der Waals surface area contributed by atoms with Crippen molar-refractivity contribution >= 4 is 11.8 Å². The summed E-state index contributed by atoms with van der Waals surface area (Å²) in [4.78, 5) is 30.3. The first-order valence-electron chi connectivity index (χ1n) is 15.5. The van der Waals surface area contributed by atoms with Gasteiger partial charge in [-0.3, -0.25) is 9.59 Å². The molecule has 2 saturated heterocycles. The molecule has 2 aromatic rings. The van der Waals surface area contributed by atoms with E-state index in [0.29, 0.717) is 60.2 Å². The summed E-state index contributed by atoms with van der Waals surface area (Å²) in [6.45, 7) is 10.3. The number of unbranched alkanes of at least 4 members (excludes halogenated alkanes) is 2. The summed E-state index contributed by atoms with van der Waals surface area (Å²) in [5.41, 5.74) is 6.26. The van der Waals surface area contributed by atoms with E-state index in [-0.39, 0.29) is 30.5 Å². The fraction of sp³-hybridized carbons (Fsp3) is 0.486. The van der Waals surface area contributed by atoms with Crippen molar-refractivity contribution in [1.82, 2.24) is 9.80 Å². The van der Waals surface area contributed by atoms with Crippen molar-refractivity contribution in [3.05, 3.63) is 76.4 Å². The first kappa shape index (κ1) is 29.3. The molecule has 8 nitrogen and oxygen atoms in total. The number of aliphatic hydroxyl groups excluding tert-OH is 1. The third kappa shape index (κ3) is 5.90. The molecule has 43 heavy (non-hydrogen) atoms. The van der Waals surface area contributed by atoms with E-state index in [9.17, 15) is 14.7 Å². The van der Waals surface area contributed by atoms with Gasteiger partial charge in [-0.05, 0) is 93.2 Å². The Morgan fingerprint density at radius 2 is 1.30 bits per heavy atom. The number of hydrogen-bond donors (Lipinski definition) is 1. The Bertz CT molecular complexity index is 1340. The maximum Gasteiger partial charge on any atom is 0.254 e. The number of benzene rings is 2. The largest absolute Gasteiger partial charge is 0.493 e. The molecule has 228 valence electrons. The second-order valence-corrected chi connectivity index (χ2v) is 12.4. The predicted octanol–water partition coefficient (Wildman–Crippen LogP) is 5.25. The first-order valence-corrected chi connectivity index (χ1v) is 15.5. The minimum Gasteiger partial charge on any atom is -0.493 e. The number of carbonyl (C=O) groups excluding carboxylic acids is 2. The van der Waals surface area contributed by atoms with Gasteiger partial charge in [-0.2, -0.15) is 0 Å². The Morgan fingerprint density at radius 1 is 0.767 bits per heavy atom. The van der Waals surface area contributed by atoms with Crippen molar-refractivity contribution in [2.75, 3.05) is 33.4 Å². The van der Waals surface area contributed by atoms with Crippen molar-refractivity contribution in [2.24, 2.45) is 0 Å². The molecule has 1 N–H and O–H groups in total. The van der Waals surface area contributed by atoms with Crippen LogP contribution < -0.4 is 14.2 Å². The molecule has 4 aliphatic rings. The van der Waals surface area contributed by atoms with Crippen LogP contribution in [0.5, 0.6) is 17.2 Å². The summed E-state index contributed by atoms with van der Waals surface area (Å²) >= 11 is 0. The fourth-order valence-corrected chi connectivity index (χ4v) is 7.06. The van der Waals surface area contributed by atoms with Crippen LogP contribution >= 0.6 is 0 Å². The molecule has 0 radical (unpaired) electrons. The number of rotatable bonds is 10. The predicted molar refractivity (Wildman–Crippen MR) is 164 cm³/mol. The molecule has 6 rings (SSSR count). The van der Waals surface area contributed by atoms with Crippen LogP contribution in [0.1, 0.15) is 82.4 Å². The van der Waals surface area contributed by atoms with Crippen molar-refractivity contribution in [3.8, 4) is 17.2 Å². The minimum atomic E-state index is -0.179. The highest BCUT2D eigenvalue weighted by Crippen LogP contribution is 2.38. The lowest BCUT2D eigenvalue weighted by Crippen LogP contribution is -2.34. The van der Waals surface area contributed by atoms with E-state index in [1.54, 1.807) is 7.11 Å². The lowest BCUT2D eigenvalue weighted by atomic mass is 9.98. The number of hydrogen-bond acceptors (Lipinski definition) is 6. The van der Waals surface area contributed by atoms with E-state index in [0.717, 1.165) is 80.1 Å². The molecule has 2 fully saturated rings. The van der Waals surface area contributed by atoms with Crippen LogP contribution in [0.4, 0.5) is 0 Å². The highest BCUT2D eigenvalue weighted by molar-refractivity contribution is 5.98. The van der Waals surface area contributed by atoms with Gasteiger partial charge in [0.15, 0.2) is 11.5 Å². The normalized spacial score (nSPS) is 21.2. The Balaban J connectivity index is 1.01. The summed E-state index contributed by atoms with van der Waals surface area (Å²) < 4.78 is 17.8. The van der Waals surface area contributed by atoms with E-state index in [1.807, 2.05) is 34.1 Å². The quantitative estimate of drug-likeness (QED) is 0.302. The lowest BCUT2D eigenvalue weighted by molar-refractivity contribution is 0.0734. The van der Waals surface area contributed by atoms with Gasteiger partial charge in [-0.15, -0.1) is 0 Å². The number of aryl methyl sites for hydroxylation is 2. The van der Waals surface area contributed by atoms with Crippen molar-refractivity contribution in [1.29, 1.82) is 0 Å². The summed E-state index contributed by atoms with van der Waals surface area (Å²) in [6, 6.07) is 8.01. The maximum absolute atomic E-state index is 13.2. The number of nitrogens with zero attached hydrogens (tertiary/aromatic N) is 2. The highest BCUT2D eigenvalue weighted by Gasteiger charge is 2.36. The van der Waals surface area contributed by atoms with Gasteiger partial charge in [0.2, 0.25) is 0 Å². The van der Waals surface area contributed by atoms with Gasteiger partial charge in [0, 0.05) is 41.9 Å². The van der Waals surface area contributed by atoms with E-state index in [4.69, 9.17) is 14.2 Å². The molecular weight excluding hydrogens is 544 g/mol. The molecule has 2 aromatic carbocycles. The molecule has 4 aliphatic heterocycles. The van der Waals surface area contributed by atoms with Gasteiger partial charge in [-0.25, -0.2) is 0 Å². The van der Waals surface area contributed by atoms with E-state index < -0.39 is 0 Å². The van der Waals surface area contributed by atoms with Crippen LogP contribution in [0.2, 0.25) is 0 Å². The Labute approximate surface area is 253 Å². The Morgan fingerprint density at radius 3 is 1.86 bits per heavy atom. The summed E-state index contributed by atoms with van der Waals surface area (Å²) in [5.74, 6) is 2.00. The average Bonchev–Trinajstić information content (AvgIpc) is 3.51.